The van der Waals surface area contributed by atoms with Crippen LogP contribution >= 0.6 is 0 Å². The number of benzene rings is 9. The Morgan fingerprint density at radius 1 is 0.411 bits per heavy atom. The van der Waals surface area contributed by atoms with Crippen molar-refractivity contribution >= 4 is 21.9 Å². The van der Waals surface area contributed by atoms with Crippen LogP contribution in [0.5, 0.6) is 0 Å². The van der Waals surface area contributed by atoms with Crippen molar-refractivity contribution in [1.29, 1.82) is 0 Å². The summed E-state index contributed by atoms with van der Waals surface area (Å²) in [5.41, 5.74) is 19.5. The molecule has 0 unspecified atom stereocenters. The molecule has 12 aromatic rings. The summed E-state index contributed by atoms with van der Waals surface area (Å²) < 4.78 is 22.4. The maximum absolute atomic E-state index is 15.9. The van der Waals surface area contributed by atoms with Gasteiger partial charge < -0.3 is 14.4 Å². The number of nitrogens with zero attached hydrogens (tertiary/aromatic N) is 2. The molecule has 3 aromatic heterocycles. The Labute approximate surface area is 439 Å². The van der Waals surface area contributed by atoms with Crippen molar-refractivity contribution < 1.29 is 28.9 Å². The van der Waals surface area contributed by atoms with Crippen LogP contribution < -0.4 is 0 Å². The van der Waals surface area contributed by atoms with Crippen molar-refractivity contribution in [1.82, 2.24) is 9.97 Å². The Hall–Kier alpha value is -8.34. The van der Waals surface area contributed by atoms with Crippen molar-refractivity contribution in [2.24, 2.45) is 0 Å². The molecule has 0 bridgehead atoms. The quantitative estimate of drug-likeness (QED) is 0.108. The van der Waals surface area contributed by atoms with Crippen LogP contribution in [-0.4, -0.2) is 9.97 Å². The zero-order chi connectivity index (χ0) is 48.2. The van der Waals surface area contributed by atoms with Crippen LogP contribution in [0.25, 0.3) is 100 Å². The number of hydrogen-bond donors (Lipinski definition) is 0. The van der Waals surface area contributed by atoms with Gasteiger partial charge in [0, 0.05) is 49.0 Å². The number of para-hydroxylation sites is 1. The second kappa shape index (κ2) is 21.2. The monoisotopic (exact) mass is 1120 g/mol. The smallest absolute Gasteiger partial charge is 0.134 e. The summed E-state index contributed by atoms with van der Waals surface area (Å²) in [5.74, 6) is -0.302. The number of fused-ring (bicyclic) bond motifs is 3. The fourth-order valence-corrected chi connectivity index (χ4v) is 9.81. The van der Waals surface area contributed by atoms with Gasteiger partial charge in [-0.2, -0.15) is 48.5 Å². The van der Waals surface area contributed by atoms with Crippen LogP contribution in [0.4, 0.5) is 4.39 Å². The number of furan rings is 1. The van der Waals surface area contributed by atoms with Crippen LogP contribution in [0.15, 0.2) is 229 Å². The molecule has 0 atom stereocenters. The van der Waals surface area contributed by atoms with E-state index >= 15 is 4.39 Å². The van der Waals surface area contributed by atoms with Gasteiger partial charge in [0.25, 0.3) is 0 Å². The van der Waals surface area contributed by atoms with Gasteiger partial charge in [0.05, 0.1) is 0 Å². The van der Waals surface area contributed by atoms with Crippen molar-refractivity contribution in [3.05, 3.63) is 277 Å². The van der Waals surface area contributed by atoms with Crippen LogP contribution in [-0.2, 0) is 45.8 Å². The molecule has 353 valence electrons. The van der Waals surface area contributed by atoms with E-state index in [-0.39, 0.29) is 25.9 Å². The van der Waals surface area contributed by atoms with Gasteiger partial charge >= 0.3 is 0 Å². The molecule has 0 aliphatic heterocycles. The molecule has 0 aliphatic rings. The molecular formula is C68H45FIrN2O-4. The third-order valence-electron chi connectivity index (χ3n) is 13.5. The Morgan fingerprint density at radius 3 is 1.81 bits per heavy atom. The van der Waals surface area contributed by atoms with Crippen LogP contribution in [0.2, 0.25) is 0 Å². The molecule has 0 aliphatic carbocycles. The van der Waals surface area contributed by atoms with Gasteiger partial charge in [0.1, 0.15) is 17.0 Å². The first-order valence-corrected chi connectivity index (χ1v) is 24.4. The molecule has 0 spiro atoms. The Balaban J connectivity index is 0.00000574. The maximum atomic E-state index is 15.9. The molecule has 9 aromatic carbocycles. The summed E-state index contributed by atoms with van der Waals surface area (Å²) in [6.07, 6.45) is 7.00. The second-order valence-electron chi connectivity index (χ2n) is 18.2. The van der Waals surface area contributed by atoms with Crippen molar-refractivity contribution in [3.63, 3.8) is 0 Å². The molecule has 3 nitrogen and oxygen atoms in total. The van der Waals surface area contributed by atoms with Gasteiger partial charge in [0.2, 0.25) is 0 Å². The summed E-state index contributed by atoms with van der Waals surface area (Å²) in [5, 5.41) is 2.04. The average molecular weight is 1120 g/mol. The SMILES string of the molecule is Fc1ccc(-c2c[c-]c(-c3nccc4c3oc3ccccc34)cc2-c2ccc(-c3ccccc3)cc2)c(-c2cc(CCc3c[c-]c(-c4[c-]cccc4)cc3)cc(CCc3ccc(-c4[c-]cccc4)nc3)c2)c1.[Ir]. The van der Waals surface area contributed by atoms with Crippen molar-refractivity contribution in [2.45, 2.75) is 25.7 Å². The standard InChI is InChI=1S/C68H45FN2O.Ir/c69-58-34-36-60(59-35-33-56(67-68-62(38-39-70-67)61-18-10-11-19-66(61)72-68)43-63(59)54-31-29-53(30-32-54)51-14-6-2-7-15-51)64(44-58)57-41-48(22-20-46-24-27-52(28-25-46)50-12-4-1-5-13-50)40-49(42-57)23-21-47-26-37-65(71-45-47)55-16-8-3-9-17-55;/h1-12,14-16,18-19,24-27,29-32,34-45H,20-23H2;/q-4;. The third-order valence-corrected chi connectivity index (χ3v) is 13.5. The molecule has 0 saturated heterocycles. The van der Waals surface area contributed by atoms with E-state index in [1.165, 1.54) is 16.7 Å². The van der Waals surface area contributed by atoms with Crippen LogP contribution in [0, 0.1) is 30.1 Å². The van der Waals surface area contributed by atoms with E-state index in [1.807, 2.05) is 97.3 Å². The van der Waals surface area contributed by atoms with E-state index in [4.69, 9.17) is 14.4 Å². The van der Waals surface area contributed by atoms with Crippen molar-refractivity contribution in [3.8, 4) is 78.1 Å². The molecule has 0 fully saturated rings. The minimum atomic E-state index is -0.302. The Bertz CT molecular complexity index is 3730. The fraction of sp³-hybridized carbons (Fsp3) is 0.0588. The molecule has 0 N–H and O–H groups in total. The van der Waals surface area contributed by atoms with E-state index in [0.29, 0.717) is 11.3 Å². The van der Waals surface area contributed by atoms with Gasteiger partial charge in [-0.15, -0.1) is 71.3 Å². The van der Waals surface area contributed by atoms with E-state index < -0.39 is 0 Å². The van der Waals surface area contributed by atoms with Crippen LogP contribution in [0.3, 0.4) is 0 Å². The number of rotatable bonds is 13. The number of pyridine rings is 2. The predicted octanol–water partition coefficient (Wildman–Crippen LogP) is 17.0. The molecule has 5 heteroatoms. The predicted molar refractivity (Wildman–Crippen MR) is 290 cm³/mol. The first-order chi connectivity index (χ1) is 35.6. The van der Waals surface area contributed by atoms with E-state index in [9.17, 15) is 0 Å². The molecule has 1 radical (unpaired) electrons. The molecule has 0 amide bonds. The molecule has 12 rings (SSSR count). The van der Waals surface area contributed by atoms with Gasteiger partial charge in [-0.3, -0.25) is 0 Å². The third kappa shape index (κ3) is 10.1. The Kier molecular flexibility index (Phi) is 13.6. The average Bonchev–Trinajstić information content (AvgIpc) is 3.84. The summed E-state index contributed by atoms with van der Waals surface area (Å²) in [6, 6.07) is 85.5. The molecular weight excluding hydrogens is 1070 g/mol. The first kappa shape index (κ1) is 47.0. The summed E-state index contributed by atoms with van der Waals surface area (Å²) >= 11 is 0. The largest absolute Gasteiger partial charge is 0.464 e. The minimum Gasteiger partial charge on any atom is -0.464 e. The summed E-state index contributed by atoms with van der Waals surface area (Å²) in [4.78, 5) is 9.69. The zero-order valence-corrected chi connectivity index (χ0v) is 42.1. The minimum absolute atomic E-state index is 0. The molecule has 73 heavy (non-hydrogen) atoms. The second-order valence-corrected chi connectivity index (χ2v) is 18.2. The van der Waals surface area contributed by atoms with E-state index in [1.54, 1.807) is 12.1 Å². The number of aryl methyl sites for hydroxylation is 4. The number of aromatic nitrogens is 2. The van der Waals surface area contributed by atoms with Gasteiger partial charge in [-0.25, -0.2) is 15.5 Å². The molecule has 0 saturated carbocycles. The van der Waals surface area contributed by atoms with E-state index in [0.717, 1.165) is 120 Å². The molecule has 3 heterocycles. The topological polar surface area (TPSA) is 38.9 Å². The summed E-state index contributed by atoms with van der Waals surface area (Å²) in [6.45, 7) is 0. The normalized spacial score (nSPS) is 11.2. The van der Waals surface area contributed by atoms with Gasteiger partial charge in [0.15, 0.2) is 0 Å². The zero-order valence-electron chi connectivity index (χ0n) is 39.7. The number of hydrogen-bond acceptors (Lipinski definition) is 3. The van der Waals surface area contributed by atoms with Gasteiger partial charge in [-0.1, -0.05) is 132 Å². The Morgan fingerprint density at radius 2 is 1.07 bits per heavy atom. The summed E-state index contributed by atoms with van der Waals surface area (Å²) in [7, 11) is 0. The number of halogens is 1. The first-order valence-electron chi connectivity index (χ1n) is 24.4. The van der Waals surface area contributed by atoms with Crippen molar-refractivity contribution in [2.75, 3.05) is 0 Å². The van der Waals surface area contributed by atoms with Crippen LogP contribution in [0.1, 0.15) is 22.3 Å². The fourth-order valence-electron chi connectivity index (χ4n) is 9.81. The van der Waals surface area contributed by atoms with E-state index in [2.05, 4.69) is 140 Å². The maximum Gasteiger partial charge on any atom is 0.134 e. The van der Waals surface area contributed by atoms with Gasteiger partial charge in [-0.05, 0) is 93.7 Å².